The average molecular weight is 385 g/mol. The Morgan fingerprint density at radius 2 is 1.48 bits per heavy atom. The first kappa shape index (κ1) is 19.2. The van der Waals surface area contributed by atoms with Gasteiger partial charge in [0.05, 0.1) is 16.3 Å². The molecule has 1 N–H and O–H groups in total. The van der Waals surface area contributed by atoms with Crippen molar-refractivity contribution in [1.82, 2.24) is 9.55 Å². The van der Waals surface area contributed by atoms with Crippen LogP contribution >= 0.6 is 0 Å². The lowest BCUT2D eigenvalue weighted by Crippen LogP contribution is -2.16. The number of imidazole rings is 1. The summed E-state index contributed by atoms with van der Waals surface area (Å²) < 4.78 is 27.7. The number of H-pyrrole nitrogens is 1. The molecule has 0 saturated carbocycles. The van der Waals surface area contributed by atoms with E-state index in [1.165, 1.54) is 0 Å². The van der Waals surface area contributed by atoms with Crippen molar-refractivity contribution in [3.63, 3.8) is 0 Å². The van der Waals surface area contributed by atoms with Crippen molar-refractivity contribution in [1.29, 1.82) is 0 Å². The van der Waals surface area contributed by atoms with Crippen LogP contribution in [-0.4, -0.2) is 18.0 Å². The van der Waals surface area contributed by atoms with Gasteiger partial charge in [-0.1, -0.05) is 42.3 Å². The van der Waals surface area contributed by atoms with Gasteiger partial charge in [0.1, 0.15) is 5.25 Å². The highest BCUT2D eigenvalue weighted by molar-refractivity contribution is 7.91. The molecular weight excluding hydrogens is 360 g/mol. The van der Waals surface area contributed by atoms with E-state index >= 15 is 0 Å². The summed E-state index contributed by atoms with van der Waals surface area (Å²) in [6.07, 6.45) is 0.537. The minimum atomic E-state index is -3.62. The van der Waals surface area contributed by atoms with Crippen LogP contribution in [0.4, 0.5) is 0 Å². The Balaban J connectivity index is 2.12. The second-order valence-electron chi connectivity index (χ2n) is 6.82. The van der Waals surface area contributed by atoms with Crippen molar-refractivity contribution >= 4 is 9.84 Å². The lowest BCUT2D eigenvalue weighted by atomic mass is 10.2. The fourth-order valence-electron chi connectivity index (χ4n) is 3.23. The third kappa shape index (κ3) is 3.49. The van der Waals surface area contributed by atoms with E-state index in [1.807, 2.05) is 45.0 Å². The molecule has 0 aliphatic carbocycles. The third-order valence-corrected chi connectivity index (χ3v) is 6.97. The van der Waals surface area contributed by atoms with Gasteiger partial charge in [0.15, 0.2) is 9.84 Å². The Morgan fingerprint density at radius 3 is 2.00 bits per heavy atom. The van der Waals surface area contributed by atoms with Gasteiger partial charge in [-0.15, -0.1) is 0 Å². The Labute approximate surface area is 159 Å². The van der Waals surface area contributed by atoms with Crippen molar-refractivity contribution < 1.29 is 8.42 Å². The standard InChI is InChI=1S/C21H24N2O3S/c1-5-19-20(16(4)27(25,26)18-12-8-15(3)9-13-18)22-21(24)23(19)17-10-6-14(2)7-11-17/h6-13,16H,5H2,1-4H3,(H,22,24)/t16-/m1/s1. The van der Waals surface area contributed by atoms with Crippen LogP contribution in [0.5, 0.6) is 0 Å². The number of aromatic amines is 1. The molecule has 142 valence electrons. The Bertz CT molecular complexity index is 1110. The van der Waals surface area contributed by atoms with Gasteiger partial charge in [-0.25, -0.2) is 13.2 Å². The van der Waals surface area contributed by atoms with E-state index in [2.05, 4.69) is 4.98 Å². The minimum Gasteiger partial charge on any atom is -0.308 e. The van der Waals surface area contributed by atoms with Crippen LogP contribution in [0, 0.1) is 13.8 Å². The summed E-state index contributed by atoms with van der Waals surface area (Å²) in [5.74, 6) is 0. The summed E-state index contributed by atoms with van der Waals surface area (Å²) >= 11 is 0. The van der Waals surface area contributed by atoms with E-state index in [0.29, 0.717) is 17.8 Å². The Morgan fingerprint density at radius 1 is 0.963 bits per heavy atom. The quantitative estimate of drug-likeness (QED) is 0.726. The highest BCUT2D eigenvalue weighted by Crippen LogP contribution is 2.30. The number of aryl methyl sites for hydroxylation is 2. The zero-order valence-electron chi connectivity index (χ0n) is 16.0. The van der Waals surface area contributed by atoms with Crippen LogP contribution in [0.15, 0.2) is 58.2 Å². The van der Waals surface area contributed by atoms with E-state index < -0.39 is 15.1 Å². The summed E-state index contributed by atoms with van der Waals surface area (Å²) in [7, 11) is -3.62. The first-order chi connectivity index (χ1) is 12.8. The number of aromatic nitrogens is 2. The molecule has 0 amide bonds. The molecule has 1 atom stereocenters. The topological polar surface area (TPSA) is 71.9 Å². The maximum atomic E-state index is 13.1. The van der Waals surface area contributed by atoms with E-state index in [0.717, 1.165) is 16.8 Å². The molecule has 0 fully saturated rings. The van der Waals surface area contributed by atoms with E-state index in [9.17, 15) is 13.2 Å². The van der Waals surface area contributed by atoms with Crippen molar-refractivity contribution in [3.05, 3.63) is 81.5 Å². The Hall–Kier alpha value is -2.60. The fourth-order valence-corrected chi connectivity index (χ4v) is 4.65. The lowest BCUT2D eigenvalue weighted by molar-refractivity contribution is 0.584. The molecule has 0 bridgehead atoms. The largest absolute Gasteiger partial charge is 0.330 e. The Kier molecular flexibility index (Phi) is 5.11. The van der Waals surface area contributed by atoms with Crippen LogP contribution in [0.25, 0.3) is 5.69 Å². The molecule has 0 unspecified atom stereocenters. The maximum Gasteiger partial charge on any atom is 0.330 e. The van der Waals surface area contributed by atoms with Crippen LogP contribution in [0.3, 0.4) is 0 Å². The maximum absolute atomic E-state index is 13.1. The van der Waals surface area contributed by atoms with Gasteiger partial charge in [-0.2, -0.15) is 0 Å². The van der Waals surface area contributed by atoms with Gasteiger partial charge < -0.3 is 4.98 Å². The van der Waals surface area contributed by atoms with Crippen LogP contribution in [-0.2, 0) is 16.3 Å². The number of nitrogens with one attached hydrogen (secondary N) is 1. The van der Waals surface area contributed by atoms with Crippen LogP contribution < -0.4 is 5.69 Å². The smallest absolute Gasteiger partial charge is 0.308 e. The van der Waals surface area contributed by atoms with Gasteiger partial charge in [0.25, 0.3) is 0 Å². The fraction of sp³-hybridized carbons (Fsp3) is 0.286. The van der Waals surface area contributed by atoms with Crippen molar-refractivity contribution in [3.8, 4) is 5.69 Å². The summed E-state index contributed by atoms with van der Waals surface area (Å²) in [6, 6.07) is 14.4. The van der Waals surface area contributed by atoms with E-state index in [-0.39, 0.29) is 10.6 Å². The van der Waals surface area contributed by atoms with Gasteiger partial charge in [0.2, 0.25) is 0 Å². The van der Waals surface area contributed by atoms with Crippen molar-refractivity contribution in [2.24, 2.45) is 0 Å². The molecule has 2 aromatic carbocycles. The average Bonchev–Trinajstić information content (AvgIpc) is 2.98. The van der Waals surface area contributed by atoms with E-state index in [4.69, 9.17) is 0 Å². The molecule has 1 aromatic heterocycles. The zero-order chi connectivity index (χ0) is 19.8. The van der Waals surface area contributed by atoms with Gasteiger partial charge >= 0.3 is 5.69 Å². The summed E-state index contributed by atoms with van der Waals surface area (Å²) in [6.45, 7) is 7.43. The molecule has 0 saturated heterocycles. The second kappa shape index (κ2) is 7.19. The molecular formula is C21H24N2O3S. The molecule has 0 aliphatic rings. The van der Waals surface area contributed by atoms with Crippen molar-refractivity contribution in [2.75, 3.05) is 0 Å². The predicted octanol–water partition coefficient (Wildman–Crippen LogP) is 3.88. The molecule has 0 spiro atoms. The number of sulfone groups is 1. The first-order valence-corrected chi connectivity index (χ1v) is 10.5. The highest BCUT2D eigenvalue weighted by Gasteiger charge is 2.30. The molecule has 0 aliphatic heterocycles. The number of nitrogens with zero attached hydrogens (tertiary/aromatic N) is 1. The molecule has 0 radical (unpaired) electrons. The molecule has 5 nitrogen and oxygen atoms in total. The number of benzene rings is 2. The van der Waals surface area contributed by atoms with Gasteiger partial charge in [-0.3, -0.25) is 4.57 Å². The molecule has 27 heavy (non-hydrogen) atoms. The summed E-state index contributed by atoms with van der Waals surface area (Å²) in [5.41, 5.74) is 3.63. The normalized spacial score (nSPS) is 12.9. The molecule has 1 heterocycles. The number of hydrogen-bond donors (Lipinski definition) is 1. The van der Waals surface area contributed by atoms with Gasteiger partial charge in [0, 0.05) is 5.69 Å². The summed E-state index contributed by atoms with van der Waals surface area (Å²) in [4.78, 5) is 15.7. The van der Waals surface area contributed by atoms with Gasteiger partial charge in [-0.05, 0) is 51.5 Å². The van der Waals surface area contributed by atoms with Crippen LogP contribution in [0.2, 0.25) is 0 Å². The third-order valence-electron chi connectivity index (χ3n) is 4.87. The highest BCUT2D eigenvalue weighted by atomic mass is 32.2. The van der Waals surface area contributed by atoms with E-state index in [1.54, 1.807) is 35.8 Å². The molecule has 3 rings (SSSR count). The molecule has 3 aromatic rings. The SMILES string of the molecule is CCc1c([C@@H](C)S(=O)(=O)c2ccc(C)cc2)[nH]c(=O)n1-c1ccc(C)cc1. The van der Waals surface area contributed by atoms with Crippen molar-refractivity contribution in [2.45, 2.75) is 44.3 Å². The van der Waals surface area contributed by atoms with Crippen LogP contribution in [0.1, 0.15) is 41.6 Å². The zero-order valence-corrected chi connectivity index (χ0v) is 16.8. The second-order valence-corrected chi connectivity index (χ2v) is 9.08. The lowest BCUT2D eigenvalue weighted by Gasteiger charge is -2.15. The number of hydrogen-bond acceptors (Lipinski definition) is 3. The predicted molar refractivity (Wildman–Crippen MR) is 107 cm³/mol. The minimum absolute atomic E-state index is 0.256. The monoisotopic (exact) mass is 384 g/mol. The summed E-state index contributed by atoms with van der Waals surface area (Å²) in [5, 5.41) is -0.852. The molecule has 6 heteroatoms. The number of rotatable bonds is 5. The first-order valence-electron chi connectivity index (χ1n) is 8.97.